The first kappa shape index (κ1) is 14.1. The molecule has 0 amide bonds. The van der Waals surface area contributed by atoms with Crippen LogP contribution in [0.4, 0.5) is 17.1 Å². The van der Waals surface area contributed by atoms with Gasteiger partial charge in [0.05, 0.1) is 4.92 Å². The zero-order valence-electron chi connectivity index (χ0n) is 12.3. The minimum Gasteiger partial charge on any atom is -0.388 e. The van der Waals surface area contributed by atoms with Crippen molar-refractivity contribution >= 4 is 17.1 Å². The normalized spacial score (nSPS) is 25.4. The van der Waals surface area contributed by atoms with E-state index >= 15 is 0 Å². The Morgan fingerprint density at radius 2 is 2.05 bits per heavy atom. The lowest BCUT2D eigenvalue weighted by Gasteiger charge is -2.35. The largest absolute Gasteiger partial charge is 0.388 e. The van der Waals surface area contributed by atoms with Crippen molar-refractivity contribution in [3.63, 3.8) is 0 Å². The molecule has 0 aromatic heterocycles. The Hall–Kier alpha value is -1.82. The fraction of sp³-hybridized carbons (Fsp3) is 0.600. The minimum absolute atomic E-state index is 0.127. The number of hydrogen-bond donors (Lipinski definition) is 2. The monoisotopic (exact) mass is 290 g/mol. The van der Waals surface area contributed by atoms with Gasteiger partial charge in [-0.1, -0.05) is 0 Å². The van der Waals surface area contributed by atoms with E-state index in [4.69, 9.17) is 0 Å². The van der Waals surface area contributed by atoms with Crippen LogP contribution >= 0.6 is 0 Å². The maximum Gasteiger partial charge on any atom is 0.273 e. The first-order chi connectivity index (χ1) is 10.2. The third kappa shape index (κ3) is 3.10. The molecular weight excluding hydrogens is 268 g/mol. The number of nitro benzene ring substituents is 1. The molecule has 2 atom stereocenters. The van der Waals surface area contributed by atoms with Crippen LogP contribution in [0.25, 0.3) is 0 Å². The van der Waals surface area contributed by atoms with Crippen LogP contribution in [-0.4, -0.2) is 42.0 Å². The molecule has 114 valence electrons. The Kier molecular flexibility index (Phi) is 3.96. The second-order valence-electron chi connectivity index (χ2n) is 5.97. The summed E-state index contributed by atoms with van der Waals surface area (Å²) >= 11 is 0. The molecule has 2 N–H and O–H groups in total. The van der Waals surface area contributed by atoms with Gasteiger partial charge in [0.25, 0.3) is 5.69 Å². The molecule has 1 aromatic rings. The van der Waals surface area contributed by atoms with Gasteiger partial charge in [-0.05, 0) is 38.3 Å². The zero-order chi connectivity index (χ0) is 14.8. The molecule has 6 heteroatoms. The highest BCUT2D eigenvalue weighted by molar-refractivity contribution is 5.63. The molecule has 0 aliphatic carbocycles. The van der Waals surface area contributed by atoms with E-state index in [9.17, 15) is 10.1 Å². The standard InChI is InChI=1S/C15H22N4O2/c1-16-12-7-13(10-15(9-12)19(20)21)17-11-4-6-18-5-2-3-14(18)8-11/h7,9-11,14,16-17H,2-6,8H2,1H3. The van der Waals surface area contributed by atoms with E-state index in [0.717, 1.165) is 30.8 Å². The van der Waals surface area contributed by atoms with Crippen molar-refractivity contribution in [1.29, 1.82) is 0 Å². The lowest BCUT2D eigenvalue weighted by Crippen LogP contribution is -2.42. The highest BCUT2D eigenvalue weighted by Crippen LogP contribution is 2.30. The van der Waals surface area contributed by atoms with E-state index < -0.39 is 0 Å². The molecule has 3 rings (SSSR count). The number of nitrogens with zero attached hydrogens (tertiary/aromatic N) is 2. The van der Waals surface area contributed by atoms with Gasteiger partial charge in [0, 0.05) is 49.2 Å². The molecule has 2 aliphatic rings. The van der Waals surface area contributed by atoms with Crippen molar-refractivity contribution in [3.05, 3.63) is 28.3 Å². The summed E-state index contributed by atoms with van der Waals surface area (Å²) in [6.45, 7) is 2.37. The van der Waals surface area contributed by atoms with Gasteiger partial charge in [-0.15, -0.1) is 0 Å². The SMILES string of the molecule is CNc1cc(NC2CCN3CCCC3C2)cc([N+](=O)[O-])c1. The third-order valence-electron chi connectivity index (χ3n) is 4.61. The van der Waals surface area contributed by atoms with Crippen LogP contribution in [0.15, 0.2) is 18.2 Å². The summed E-state index contributed by atoms with van der Waals surface area (Å²) in [5.74, 6) is 0. The summed E-state index contributed by atoms with van der Waals surface area (Å²) in [4.78, 5) is 13.2. The van der Waals surface area contributed by atoms with Crippen molar-refractivity contribution in [1.82, 2.24) is 4.90 Å². The molecule has 2 heterocycles. The van der Waals surface area contributed by atoms with Crippen LogP contribution in [0.5, 0.6) is 0 Å². The smallest absolute Gasteiger partial charge is 0.273 e. The van der Waals surface area contributed by atoms with Crippen molar-refractivity contribution in [2.75, 3.05) is 30.8 Å². The highest BCUT2D eigenvalue weighted by Gasteiger charge is 2.31. The average Bonchev–Trinajstić information content (AvgIpc) is 2.94. The van der Waals surface area contributed by atoms with Crippen LogP contribution < -0.4 is 10.6 Å². The number of benzene rings is 1. The molecule has 2 fully saturated rings. The van der Waals surface area contributed by atoms with Crippen molar-refractivity contribution < 1.29 is 4.92 Å². The Bertz CT molecular complexity index is 534. The molecule has 2 saturated heterocycles. The summed E-state index contributed by atoms with van der Waals surface area (Å²) in [7, 11) is 1.78. The Morgan fingerprint density at radius 3 is 2.81 bits per heavy atom. The van der Waals surface area contributed by atoms with Gasteiger partial charge in [-0.2, -0.15) is 0 Å². The highest BCUT2D eigenvalue weighted by atomic mass is 16.6. The fourth-order valence-electron chi connectivity index (χ4n) is 3.54. The summed E-state index contributed by atoms with van der Waals surface area (Å²) in [6.07, 6.45) is 4.83. The molecule has 0 radical (unpaired) electrons. The number of hydrogen-bond acceptors (Lipinski definition) is 5. The van der Waals surface area contributed by atoms with Crippen LogP contribution in [-0.2, 0) is 0 Å². The second-order valence-corrected chi connectivity index (χ2v) is 5.97. The number of anilines is 2. The summed E-state index contributed by atoms with van der Waals surface area (Å²) in [6, 6.07) is 6.23. The summed E-state index contributed by atoms with van der Waals surface area (Å²) in [5, 5.41) is 17.5. The quantitative estimate of drug-likeness (QED) is 0.659. The van der Waals surface area contributed by atoms with Crippen molar-refractivity contribution in [2.24, 2.45) is 0 Å². The first-order valence-electron chi connectivity index (χ1n) is 7.63. The molecule has 2 unspecified atom stereocenters. The van der Waals surface area contributed by atoms with E-state index in [1.807, 2.05) is 6.07 Å². The number of non-ortho nitro benzene ring substituents is 1. The third-order valence-corrected chi connectivity index (χ3v) is 4.61. The number of fused-ring (bicyclic) bond motifs is 1. The molecule has 1 aromatic carbocycles. The lowest BCUT2D eigenvalue weighted by atomic mass is 9.97. The van der Waals surface area contributed by atoms with Gasteiger partial charge >= 0.3 is 0 Å². The fourth-order valence-corrected chi connectivity index (χ4v) is 3.54. The molecule has 0 spiro atoms. The van der Waals surface area contributed by atoms with Gasteiger partial charge in [0.2, 0.25) is 0 Å². The van der Waals surface area contributed by atoms with Gasteiger partial charge < -0.3 is 15.5 Å². The summed E-state index contributed by atoms with van der Waals surface area (Å²) in [5.41, 5.74) is 1.73. The number of nitrogens with one attached hydrogen (secondary N) is 2. The van der Waals surface area contributed by atoms with Gasteiger partial charge in [-0.25, -0.2) is 0 Å². The van der Waals surface area contributed by atoms with Crippen LogP contribution in [0.3, 0.4) is 0 Å². The van der Waals surface area contributed by atoms with Crippen LogP contribution in [0.2, 0.25) is 0 Å². The molecule has 21 heavy (non-hydrogen) atoms. The predicted octanol–water partition coefficient (Wildman–Crippen LogP) is 2.68. The lowest BCUT2D eigenvalue weighted by molar-refractivity contribution is -0.384. The van der Waals surface area contributed by atoms with E-state index in [0.29, 0.717) is 12.1 Å². The number of rotatable bonds is 4. The van der Waals surface area contributed by atoms with E-state index in [-0.39, 0.29) is 10.6 Å². The van der Waals surface area contributed by atoms with E-state index in [2.05, 4.69) is 15.5 Å². The molecule has 0 bridgehead atoms. The molecule has 6 nitrogen and oxygen atoms in total. The predicted molar refractivity (Wildman–Crippen MR) is 83.9 cm³/mol. The number of piperidine rings is 1. The molecular formula is C15H22N4O2. The van der Waals surface area contributed by atoms with Crippen LogP contribution in [0.1, 0.15) is 25.7 Å². The summed E-state index contributed by atoms with van der Waals surface area (Å²) < 4.78 is 0. The van der Waals surface area contributed by atoms with Gasteiger partial charge in [-0.3, -0.25) is 10.1 Å². The van der Waals surface area contributed by atoms with Gasteiger partial charge in [0.1, 0.15) is 0 Å². The van der Waals surface area contributed by atoms with Gasteiger partial charge in [0.15, 0.2) is 0 Å². The van der Waals surface area contributed by atoms with Crippen molar-refractivity contribution in [2.45, 2.75) is 37.8 Å². The first-order valence-corrected chi connectivity index (χ1v) is 7.63. The molecule has 2 aliphatic heterocycles. The van der Waals surface area contributed by atoms with E-state index in [1.54, 1.807) is 19.2 Å². The second kappa shape index (κ2) is 5.89. The maximum atomic E-state index is 11.0. The Morgan fingerprint density at radius 1 is 1.24 bits per heavy atom. The Balaban J connectivity index is 1.72. The zero-order valence-corrected chi connectivity index (χ0v) is 12.3. The van der Waals surface area contributed by atoms with Crippen molar-refractivity contribution in [3.8, 4) is 0 Å². The van der Waals surface area contributed by atoms with E-state index in [1.165, 1.54) is 19.4 Å². The topological polar surface area (TPSA) is 70.4 Å². The minimum atomic E-state index is -0.342. The maximum absolute atomic E-state index is 11.0. The molecule has 0 saturated carbocycles. The van der Waals surface area contributed by atoms with Crippen LogP contribution in [0, 0.1) is 10.1 Å². The average molecular weight is 290 g/mol. The Labute approximate surface area is 124 Å². The number of nitro groups is 1.